The second-order valence-electron chi connectivity index (χ2n) is 10.4. The van der Waals surface area contributed by atoms with E-state index in [9.17, 15) is 0 Å². The van der Waals surface area contributed by atoms with Crippen LogP contribution in [0.4, 0.5) is 0 Å². The van der Waals surface area contributed by atoms with Gasteiger partial charge in [-0.2, -0.15) is 0 Å². The van der Waals surface area contributed by atoms with E-state index in [-0.39, 0.29) is 12.4 Å². The van der Waals surface area contributed by atoms with Gasteiger partial charge in [-0.05, 0) is 76.3 Å². The Morgan fingerprint density at radius 3 is 2.47 bits per heavy atom. The van der Waals surface area contributed by atoms with Gasteiger partial charge in [-0.25, -0.2) is 0 Å². The van der Waals surface area contributed by atoms with Crippen LogP contribution < -0.4 is 4.74 Å². The fraction of sp³-hybridized carbons (Fsp3) is 0.467. The minimum atomic E-state index is -0.181. The SMILES string of the molecule is CC1Cc2cc(OC(OC3Cc4cccc5cccc3c45)C3CCCCC3)ccc2C1C. The molecule has 0 saturated heterocycles. The lowest BCUT2D eigenvalue weighted by molar-refractivity contribution is -0.155. The summed E-state index contributed by atoms with van der Waals surface area (Å²) in [5.74, 6) is 2.80. The summed E-state index contributed by atoms with van der Waals surface area (Å²) in [4.78, 5) is 0. The Balaban J connectivity index is 1.28. The molecule has 4 unspecified atom stereocenters. The molecule has 0 amide bonds. The number of rotatable bonds is 5. The van der Waals surface area contributed by atoms with Gasteiger partial charge in [0.2, 0.25) is 6.29 Å². The van der Waals surface area contributed by atoms with Crippen LogP contribution in [0.3, 0.4) is 0 Å². The van der Waals surface area contributed by atoms with Gasteiger partial charge in [-0.1, -0.05) is 75.6 Å². The summed E-state index contributed by atoms with van der Waals surface area (Å²) in [5.41, 5.74) is 5.70. The quantitative estimate of drug-likeness (QED) is 0.389. The first kappa shape index (κ1) is 20.3. The van der Waals surface area contributed by atoms with Crippen LogP contribution in [-0.2, 0) is 17.6 Å². The molecule has 0 radical (unpaired) electrons. The lowest BCUT2D eigenvalue weighted by atomic mass is 9.88. The molecular weight excluding hydrogens is 392 g/mol. The molecule has 0 aliphatic heterocycles. The van der Waals surface area contributed by atoms with E-state index in [1.54, 1.807) is 0 Å². The van der Waals surface area contributed by atoms with Crippen molar-refractivity contribution in [2.75, 3.05) is 0 Å². The van der Waals surface area contributed by atoms with E-state index in [1.807, 2.05) is 0 Å². The number of benzene rings is 3. The van der Waals surface area contributed by atoms with E-state index in [0.717, 1.165) is 18.6 Å². The predicted octanol–water partition coefficient (Wildman–Crippen LogP) is 7.73. The van der Waals surface area contributed by atoms with Gasteiger partial charge in [-0.15, -0.1) is 0 Å². The van der Waals surface area contributed by atoms with Gasteiger partial charge in [0.05, 0.1) is 6.10 Å². The summed E-state index contributed by atoms with van der Waals surface area (Å²) in [7, 11) is 0. The minimum Gasteiger partial charge on any atom is -0.465 e. The zero-order valence-electron chi connectivity index (χ0n) is 19.3. The summed E-state index contributed by atoms with van der Waals surface area (Å²) in [6.45, 7) is 4.71. The zero-order valence-corrected chi connectivity index (χ0v) is 19.3. The van der Waals surface area contributed by atoms with E-state index in [0.29, 0.717) is 17.8 Å². The van der Waals surface area contributed by atoms with Gasteiger partial charge in [0.1, 0.15) is 5.75 Å². The summed E-state index contributed by atoms with van der Waals surface area (Å²) in [6, 6.07) is 20.0. The summed E-state index contributed by atoms with van der Waals surface area (Å²) in [5, 5.41) is 2.71. The van der Waals surface area contributed by atoms with Crippen molar-refractivity contribution >= 4 is 10.8 Å². The van der Waals surface area contributed by atoms with Crippen LogP contribution in [-0.4, -0.2) is 6.29 Å². The van der Waals surface area contributed by atoms with E-state index in [2.05, 4.69) is 68.4 Å². The third-order valence-electron chi connectivity index (χ3n) is 8.36. The highest BCUT2D eigenvalue weighted by Gasteiger charge is 2.33. The number of hydrogen-bond donors (Lipinski definition) is 0. The van der Waals surface area contributed by atoms with E-state index in [1.165, 1.54) is 65.1 Å². The van der Waals surface area contributed by atoms with Crippen molar-refractivity contribution in [2.45, 2.75) is 77.1 Å². The lowest BCUT2D eigenvalue weighted by Crippen LogP contribution is -2.33. The third kappa shape index (κ3) is 3.53. The Hall–Kier alpha value is -2.32. The topological polar surface area (TPSA) is 18.5 Å². The van der Waals surface area contributed by atoms with Crippen molar-refractivity contribution in [3.63, 3.8) is 0 Å². The molecule has 2 heteroatoms. The summed E-state index contributed by atoms with van der Waals surface area (Å²) < 4.78 is 13.6. The molecule has 0 N–H and O–H groups in total. The maximum atomic E-state index is 6.87. The molecule has 0 bridgehead atoms. The Bertz CT molecular complexity index is 1120. The first-order valence-corrected chi connectivity index (χ1v) is 12.6. The Morgan fingerprint density at radius 1 is 0.812 bits per heavy atom. The molecule has 3 aromatic carbocycles. The fourth-order valence-corrected chi connectivity index (χ4v) is 6.36. The van der Waals surface area contributed by atoms with Crippen LogP contribution in [0.2, 0.25) is 0 Å². The van der Waals surface area contributed by atoms with Crippen molar-refractivity contribution in [3.8, 4) is 5.75 Å². The van der Waals surface area contributed by atoms with E-state index >= 15 is 0 Å². The maximum Gasteiger partial charge on any atom is 0.203 e. The van der Waals surface area contributed by atoms with Crippen LogP contribution in [0.15, 0.2) is 54.6 Å². The second-order valence-corrected chi connectivity index (χ2v) is 10.4. The van der Waals surface area contributed by atoms with E-state index < -0.39 is 0 Å². The monoisotopic (exact) mass is 426 g/mol. The molecule has 166 valence electrons. The highest BCUT2D eigenvalue weighted by atomic mass is 16.7. The standard InChI is InChI=1S/C30H34O2/c1-19-16-24-17-25(14-15-26(24)20(19)2)31-30(22-8-4-3-5-9-22)32-28-18-23-12-6-10-21-11-7-13-27(28)29(21)23/h6-7,10-15,17,19-20,22,28,30H,3-5,8-9,16,18H2,1-2H3. The molecule has 4 atom stereocenters. The van der Waals surface area contributed by atoms with Crippen LogP contribution >= 0.6 is 0 Å². The average molecular weight is 427 g/mol. The molecule has 6 rings (SSSR count). The smallest absolute Gasteiger partial charge is 0.203 e. The summed E-state index contributed by atoms with van der Waals surface area (Å²) >= 11 is 0. The van der Waals surface area contributed by atoms with Gasteiger partial charge in [-0.3, -0.25) is 0 Å². The molecule has 3 aliphatic rings. The van der Waals surface area contributed by atoms with Crippen molar-refractivity contribution in [2.24, 2.45) is 11.8 Å². The van der Waals surface area contributed by atoms with Crippen molar-refractivity contribution in [3.05, 3.63) is 76.9 Å². The lowest BCUT2D eigenvalue weighted by Gasteiger charge is -2.32. The average Bonchev–Trinajstić information content (AvgIpc) is 3.32. The number of ether oxygens (including phenoxy) is 2. The Labute approximate surface area is 191 Å². The van der Waals surface area contributed by atoms with Gasteiger partial charge in [0, 0.05) is 12.3 Å². The fourth-order valence-electron chi connectivity index (χ4n) is 6.36. The van der Waals surface area contributed by atoms with Crippen LogP contribution in [0.5, 0.6) is 5.75 Å². The van der Waals surface area contributed by atoms with Crippen molar-refractivity contribution in [1.82, 2.24) is 0 Å². The molecule has 1 saturated carbocycles. The first-order valence-electron chi connectivity index (χ1n) is 12.6. The molecule has 0 aromatic heterocycles. The third-order valence-corrected chi connectivity index (χ3v) is 8.36. The first-order chi connectivity index (χ1) is 15.7. The molecule has 1 fully saturated rings. The highest BCUT2D eigenvalue weighted by molar-refractivity contribution is 5.91. The second kappa shape index (κ2) is 8.23. The molecule has 0 spiro atoms. The van der Waals surface area contributed by atoms with Crippen molar-refractivity contribution in [1.29, 1.82) is 0 Å². The van der Waals surface area contributed by atoms with Crippen LogP contribution in [0, 0.1) is 11.8 Å². The van der Waals surface area contributed by atoms with Gasteiger partial charge in [0.15, 0.2) is 0 Å². The largest absolute Gasteiger partial charge is 0.465 e. The van der Waals surface area contributed by atoms with Gasteiger partial charge >= 0.3 is 0 Å². The Morgan fingerprint density at radius 2 is 1.62 bits per heavy atom. The maximum absolute atomic E-state index is 6.87. The predicted molar refractivity (Wildman–Crippen MR) is 130 cm³/mol. The van der Waals surface area contributed by atoms with Gasteiger partial charge in [0.25, 0.3) is 0 Å². The number of fused-ring (bicyclic) bond motifs is 1. The minimum absolute atomic E-state index is 0.0810. The van der Waals surface area contributed by atoms with Crippen LogP contribution in [0.1, 0.15) is 80.2 Å². The van der Waals surface area contributed by atoms with Crippen LogP contribution in [0.25, 0.3) is 10.8 Å². The molecule has 3 aliphatic carbocycles. The van der Waals surface area contributed by atoms with Crippen molar-refractivity contribution < 1.29 is 9.47 Å². The molecular formula is C30H34O2. The highest BCUT2D eigenvalue weighted by Crippen LogP contribution is 2.43. The zero-order chi connectivity index (χ0) is 21.7. The summed E-state index contributed by atoms with van der Waals surface area (Å²) in [6.07, 6.45) is 8.32. The van der Waals surface area contributed by atoms with E-state index in [4.69, 9.17) is 9.47 Å². The van der Waals surface area contributed by atoms with Gasteiger partial charge < -0.3 is 9.47 Å². The molecule has 32 heavy (non-hydrogen) atoms. The molecule has 3 aromatic rings. The normalized spacial score (nSPS) is 25.8. The number of hydrogen-bond acceptors (Lipinski definition) is 2. The Kier molecular flexibility index (Phi) is 5.22. The molecule has 2 nitrogen and oxygen atoms in total. The molecule has 0 heterocycles.